The van der Waals surface area contributed by atoms with Gasteiger partial charge in [-0.3, -0.25) is 9.59 Å². The highest BCUT2D eigenvalue weighted by atomic mass is 19.1. The number of carbonyl (C=O) groups is 2. The van der Waals surface area contributed by atoms with Crippen molar-refractivity contribution in [1.82, 2.24) is 15.1 Å². The lowest BCUT2D eigenvalue weighted by Gasteiger charge is -2.22. The van der Waals surface area contributed by atoms with Gasteiger partial charge in [0.25, 0.3) is 0 Å². The number of nitrogens with zero attached hydrogens (tertiary/aromatic N) is 2. The maximum atomic E-state index is 12.8. The first-order valence-corrected chi connectivity index (χ1v) is 7.30. The van der Waals surface area contributed by atoms with E-state index in [1.807, 2.05) is 19.0 Å². The molecule has 22 heavy (non-hydrogen) atoms. The minimum atomic E-state index is -0.298. The first-order valence-electron chi connectivity index (χ1n) is 7.30. The molecule has 0 saturated heterocycles. The molecule has 0 aliphatic carbocycles. The van der Waals surface area contributed by atoms with Crippen LogP contribution in [0, 0.1) is 5.82 Å². The normalized spacial score (nSPS) is 10.6. The maximum absolute atomic E-state index is 12.8. The SMILES string of the molecule is CC(=O)N(CCC(=O)NCc1ccc(F)cc1)CCN(C)C. The number of hydrogen-bond donors (Lipinski definition) is 1. The van der Waals surface area contributed by atoms with E-state index in [0.29, 0.717) is 19.6 Å². The summed E-state index contributed by atoms with van der Waals surface area (Å²) < 4.78 is 12.8. The predicted molar refractivity (Wildman–Crippen MR) is 83.7 cm³/mol. The molecule has 0 radical (unpaired) electrons. The molecule has 1 N–H and O–H groups in total. The van der Waals surface area contributed by atoms with E-state index in [1.54, 1.807) is 17.0 Å². The van der Waals surface area contributed by atoms with Gasteiger partial charge in [-0.2, -0.15) is 0 Å². The van der Waals surface area contributed by atoms with Crippen LogP contribution in [0.3, 0.4) is 0 Å². The Balaban J connectivity index is 2.33. The van der Waals surface area contributed by atoms with Gasteiger partial charge in [-0.1, -0.05) is 12.1 Å². The first kappa shape index (κ1) is 18.1. The molecule has 0 saturated carbocycles. The van der Waals surface area contributed by atoms with Crippen LogP contribution >= 0.6 is 0 Å². The summed E-state index contributed by atoms with van der Waals surface area (Å²) in [5.41, 5.74) is 0.839. The second-order valence-electron chi connectivity index (χ2n) is 5.46. The third-order valence-electron chi connectivity index (χ3n) is 3.27. The lowest BCUT2D eigenvalue weighted by Crippen LogP contribution is -2.38. The van der Waals surface area contributed by atoms with Crippen LogP contribution in [0.2, 0.25) is 0 Å². The van der Waals surface area contributed by atoms with Gasteiger partial charge < -0.3 is 15.1 Å². The summed E-state index contributed by atoms with van der Waals surface area (Å²) in [4.78, 5) is 27.0. The topological polar surface area (TPSA) is 52.7 Å². The smallest absolute Gasteiger partial charge is 0.222 e. The van der Waals surface area contributed by atoms with E-state index in [1.165, 1.54) is 19.1 Å². The average molecular weight is 309 g/mol. The van der Waals surface area contributed by atoms with Gasteiger partial charge in [0.05, 0.1) is 0 Å². The van der Waals surface area contributed by atoms with Crippen LogP contribution in [0.1, 0.15) is 18.9 Å². The lowest BCUT2D eigenvalue weighted by molar-refractivity contribution is -0.129. The van der Waals surface area contributed by atoms with Crippen LogP contribution in [-0.2, 0) is 16.1 Å². The molecule has 0 bridgehead atoms. The minimum Gasteiger partial charge on any atom is -0.352 e. The van der Waals surface area contributed by atoms with E-state index >= 15 is 0 Å². The molecule has 1 rings (SSSR count). The Morgan fingerprint density at radius 1 is 1.09 bits per heavy atom. The number of benzene rings is 1. The Bertz CT molecular complexity index is 489. The molecule has 2 amide bonds. The second-order valence-corrected chi connectivity index (χ2v) is 5.46. The highest BCUT2D eigenvalue weighted by Gasteiger charge is 2.11. The number of likely N-dealkylation sites (N-methyl/N-ethyl adjacent to an activating group) is 1. The molecule has 1 aromatic carbocycles. The van der Waals surface area contributed by atoms with Gasteiger partial charge >= 0.3 is 0 Å². The van der Waals surface area contributed by atoms with E-state index in [2.05, 4.69) is 5.32 Å². The van der Waals surface area contributed by atoms with Gasteiger partial charge in [-0.05, 0) is 31.8 Å². The number of nitrogens with one attached hydrogen (secondary N) is 1. The molecule has 0 atom stereocenters. The third-order valence-corrected chi connectivity index (χ3v) is 3.27. The van der Waals surface area contributed by atoms with Gasteiger partial charge in [0.15, 0.2) is 0 Å². The van der Waals surface area contributed by atoms with E-state index in [9.17, 15) is 14.0 Å². The van der Waals surface area contributed by atoms with E-state index < -0.39 is 0 Å². The van der Waals surface area contributed by atoms with Gasteiger partial charge in [-0.15, -0.1) is 0 Å². The molecule has 0 aliphatic rings. The Morgan fingerprint density at radius 2 is 1.73 bits per heavy atom. The van der Waals surface area contributed by atoms with Gasteiger partial charge in [0.1, 0.15) is 5.82 Å². The van der Waals surface area contributed by atoms with E-state index in [4.69, 9.17) is 0 Å². The predicted octanol–water partition coefficient (Wildman–Crippen LogP) is 1.24. The molecule has 1 aromatic rings. The van der Waals surface area contributed by atoms with Gasteiger partial charge in [0, 0.05) is 39.5 Å². The lowest BCUT2D eigenvalue weighted by atomic mass is 10.2. The fourth-order valence-corrected chi connectivity index (χ4v) is 1.88. The van der Waals surface area contributed by atoms with Crippen molar-refractivity contribution in [3.8, 4) is 0 Å². The standard InChI is InChI=1S/C16H24FN3O2/c1-13(21)20(11-10-19(2)3)9-8-16(22)18-12-14-4-6-15(17)7-5-14/h4-7H,8-12H2,1-3H3,(H,18,22). The zero-order valence-electron chi connectivity index (χ0n) is 13.4. The van der Waals surface area contributed by atoms with Crippen LogP contribution in [0.25, 0.3) is 0 Å². The number of amides is 2. The summed E-state index contributed by atoms with van der Waals surface area (Å²) in [6.07, 6.45) is 0.258. The monoisotopic (exact) mass is 309 g/mol. The van der Waals surface area contributed by atoms with E-state index in [-0.39, 0.29) is 24.1 Å². The molecule has 0 heterocycles. The molecule has 122 valence electrons. The maximum Gasteiger partial charge on any atom is 0.222 e. The number of carbonyl (C=O) groups excluding carboxylic acids is 2. The fraction of sp³-hybridized carbons (Fsp3) is 0.500. The molecule has 6 heteroatoms. The largest absolute Gasteiger partial charge is 0.352 e. The molecule has 5 nitrogen and oxygen atoms in total. The van der Waals surface area contributed by atoms with Crippen molar-refractivity contribution < 1.29 is 14.0 Å². The number of hydrogen-bond acceptors (Lipinski definition) is 3. The van der Waals surface area contributed by atoms with Crippen LogP contribution in [0.5, 0.6) is 0 Å². The third kappa shape index (κ3) is 7.17. The van der Waals surface area contributed by atoms with Crippen molar-refractivity contribution in [2.75, 3.05) is 33.7 Å². The van der Waals surface area contributed by atoms with Crippen LogP contribution < -0.4 is 5.32 Å². The van der Waals surface area contributed by atoms with Crippen molar-refractivity contribution in [1.29, 1.82) is 0 Å². The van der Waals surface area contributed by atoms with Crippen molar-refractivity contribution in [3.05, 3.63) is 35.6 Å². The zero-order valence-corrected chi connectivity index (χ0v) is 13.4. The van der Waals surface area contributed by atoms with E-state index in [0.717, 1.165) is 12.1 Å². The Labute approximate surface area is 131 Å². The van der Waals surface area contributed by atoms with Crippen LogP contribution in [0.15, 0.2) is 24.3 Å². The Morgan fingerprint density at radius 3 is 2.27 bits per heavy atom. The van der Waals surface area contributed by atoms with Crippen LogP contribution in [0.4, 0.5) is 4.39 Å². The number of rotatable bonds is 8. The molecule has 0 aromatic heterocycles. The number of halogens is 1. The van der Waals surface area contributed by atoms with Crippen molar-refractivity contribution in [2.45, 2.75) is 19.9 Å². The average Bonchev–Trinajstić information content (AvgIpc) is 2.46. The first-order chi connectivity index (χ1) is 10.4. The summed E-state index contributed by atoms with van der Waals surface area (Å²) in [6.45, 7) is 3.63. The zero-order chi connectivity index (χ0) is 16.5. The van der Waals surface area contributed by atoms with Crippen molar-refractivity contribution in [3.63, 3.8) is 0 Å². The molecular weight excluding hydrogens is 285 g/mol. The summed E-state index contributed by atoms with van der Waals surface area (Å²) >= 11 is 0. The van der Waals surface area contributed by atoms with Gasteiger partial charge in [-0.25, -0.2) is 4.39 Å². The molecule has 0 fully saturated rings. The Kier molecular flexibility index (Phi) is 7.52. The van der Waals surface area contributed by atoms with Crippen molar-refractivity contribution in [2.24, 2.45) is 0 Å². The highest BCUT2D eigenvalue weighted by Crippen LogP contribution is 2.02. The molecule has 0 aliphatic heterocycles. The fourth-order valence-electron chi connectivity index (χ4n) is 1.88. The summed E-state index contributed by atoms with van der Waals surface area (Å²) in [5, 5.41) is 2.77. The van der Waals surface area contributed by atoms with Crippen molar-refractivity contribution >= 4 is 11.8 Å². The summed E-state index contributed by atoms with van der Waals surface area (Å²) in [7, 11) is 3.88. The molecule has 0 spiro atoms. The molecule has 0 unspecified atom stereocenters. The van der Waals surface area contributed by atoms with Crippen LogP contribution in [-0.4, -0.2) is 55.3 Å². The quantitative estimate of drug-likeness (QED) is 0.786. The summed E-state index contributed by atoms with van der Waals surface area (Å²) in [6, 6.07) is 5.99. The molecular formula is C16H24FN3O2. The minimum absolute atomic E-state index is 0.0341. The highest BCUT2D eigenvalue weighted by molar-refractivity contribution is 5.78. The van der Waals surface area contributed by atoms with Gasteiger partial charge in [0.2, 0.25) is 11.8 Å². The second kappa shape index (κ2) is 9.15. The summed E-state index contributed by atoms with van der Waals surface area (Å²) in [5.74, 6) is -0.457. The Hall–Kier alpha value is -1.95.